The molecule has 0 atom stereocenters. The number of ether oxygens (including phenoxy) is 1. The molecule has 2 heterocycles. The number of fused-ring (bicyclic) bond motifs is 1. The van der Waals surface area contributed by atoms with Gasteiger partial charge in [0, 0.05) is 57.1 Å². The highest BCUT2D eigenvalue weighted by Crippen LogP contribution is 2.36. The van der Waals surface area contributed by atoms with E-state index in [-0.39, 0.29) is 23.7 Å². The van der Waals surface area contributed by atoms with Crippen LogP contribution >= 0.6 is 0 Å². The molecule has 12 heteroatoms. The van der Waals surface area contributed by atoms with Crippen molar-refractivity contribution >= 4 is 34.4 Å². The lowest BCUT2D eigenvalue weighted by Gasteiger charge is -2.16. The van der Waals surface area contributed by atoms with Gasteiger partial charge in [0.1, 0.15) is 17.3 Å². The van der Waals surface area contributed by atoms with Crippen molar-refractivity contribution in [2.24, 2.45) is 7.05 Å². The zero-order chi connectivity index (χ0) is 28.9. The third kappa shape index (κ3) is 6.88. The van der Waals surface area contributed by atoms with Crippen LogP contribution < -0.4 is 26.0 Å². The first-order valence-electron chi connectivity index (χ1n) is 12.8. The molecule has 2 aromatic heterocycles. The van der Waals surface area contributed by atoms with Crippen LogP contribution in [-0.4, -0.2) is 40.1 Å². The quantitative estimate of drug-likeness (QED) is 0.182. The predicted molar refractivity (Wildman–Crippen MR) is 149 cm³/mol. The first kappa shape index (κ1) is 28.8. The van der Waals surface area contributed by atoms with Crippen molar-refractivity contribution in [2.45, 2.75) is 33.5 Å². The highest BCUT2D eigenvalue weighted by atomic mass is 19.4. The Kier molecular flexibility index (Phi) is 8.90. The van der Waals surface area contributed by atoms with Gasteiger partial charge in [0.25, 0.3) is 0 Å². The van der Waals surface area contributed by atoms with Gasteiger partial charge in [-0.1, -0.05) is 13.0 Å². The van der Waals surface area contributed by atoms with Crippen molar-refractivity contribution in [3.63, 3.8) is 0 Å². The molecular formula is C28H32F3N7O2. The Hall–Kier alpha value is -4.16. The predicted octanol–water partition coefficient (Wildman–Crippen LogP) is 5.49. The Labute approximate surface area is 230 Å². The lowest BCUT2D eigenvalue weighted by Crippen LogP contribution is -2.27. The average molecular weight is 556 g/mol. The second-order valence-corrected chi connectivity index (χ2v) is 9.24. The molecule has 0 fully saturated rings. The summed E-state index contributed by atoms with van der Waals surface area (Å²) >= 11 is 0. The minimum absolute atomic E-state index is 0.110. The van der Waals surface area contributed by atoms with Gasteiger partial charge in [-0.2, -0.15) is 13.2 Å². The van der Waals surface area contributed by atoms with E-state index in [1.165, 1.54) is 19.2 Å². The number of nitrogens with one attached hydrogen (secondary N) is 4. The summed E-state index contributed by atoms with van der Waals surface area (Å²) < 4.78 is 49.5. The molecular weight excluding hydrogens is 523 g/mol. The molecule has 0 spiro atoms. The average Bonchev–Trinajstić information content (AvgIpc) is 3.21. The molecule has 0 aliphatic carbocycles. The second-order valence-electron chi connectivity index (χ2n) is 9.24. The van der Waals surface area contributed by atoms with Crippen LogP contribution in [0.4, 0.5) is 30.6 Å². The molecule has 212 valence electrons. The topological polar surface area (TPSA) is 105 Å². The van der Waals surface area contributed by atoms with Crippen LogP contribution in [0.2, 0.25) is 0 Å². The number of imidazole rings is 1. The zero-order valence-electron chi connectivity index (χ0n) is 22.7. The highest BCUT2D eigenvalue weighted by molar-refractivity contribution is 5.88. The number of hydrogen-bond acceptors (Lipinski definition) is 7. The summed E-state index contributed by atoms with van der Waals surface area (Å²) in [4.78, 5) is 20.0. The van der Waals surface area contributed by atoms with E-state index in [9.17, 15) is 18.0 Å². The fourth-order valence-electron chi connectivity index (χ4n) is 4.33. The van der Waals surface area contributed by atoms with E-state index in [4.69, 9.17) is 4.74 Å². The number of hydrogen-bond donors (Lipinski definition) is 4. The normalized spacial score (nSPS) is 11.6. The van der Waals surface area contributed by atoms with E-state index in [1.54, 1.807) is 41.9 Å². The maximum absolute atomic E-state index is 13.9. The number of carbonyl (C=O) groups excluding carboxylic acids is 1. The van der Waals surface area contributed by atoms with Gasteiger partial charge in [-0.3, -0.25) is 4.79 Å². The summed E-state index contributed by atoms with van der Waals surface area (Å²) in [6, 6.07) is 11.0. The Morgan fingerprint density at radius 3 is 2.58 bits per heavy atom. The van der Waals surface area contributed by atoms with E-state index < -0.39 is 11.7 Å². The summed E-state index contributed by atoms with van der Waals surface area (Å²) in [6.45, 7) is 7.39. The van der Waals surface area contributed by atoms with Crippen molar-refractivity contribution in [3.8, 4) is 11.5 Å². The van der Waals surface area contributed by atoms with E-state index >= 15 is 0 Å². The number of pyridine rings is 1. The summed E-state index contributed by atoms with van der Waals surface area (Å²) in [5.74, 6) is 1.55. The van der Waals surface area contributed by atoms with Crippen molar-refractivity contribution in [1.29, 1.82) is 0 Å². The molecule has 0 aliphatic rings. The third-order valence-corrected chi connectivity index (χ3v) is 6.22. The number of alkyl halides is 3. The molecule has 0 unspecified atom stereocenters. The minimum atomic E-state index is -4.50. The van der Waals surface area contributed by atoms with Crippen molar-refractivity contribution in [3.05, 3.63) is 65.4 Å². The van der Waals surface area contributed by atoms with E-state index in [0.29, 0.717) is 41.9 Å². The second kappa shape index (κ2) is 12.3. The number of carbonyl (C=O) groups is 1. The maximum atomic E-state index is 13.9. The Morgan fingerprint density at radius 1 is 1.07 bits per heavy atom. The number of benzene rings is 2. The number of aryl methyl sites for hydroxylation is 2. The summed E-state index contributed by atoms with van der Waals surface area (Å²) in [7, 11) is 1.78. The van der Waals surface area contributed by atoms with Crippen LogP contribution in [0.3, 0.4) is 0 Å². The minimum Gasteiger partial charge on any atom is -0.457 e. The van der Waals surface area contributed by atoms with Crippen LogP contribution in [0.1, 0.15) is 30.5 Å². The van der Waals surface area contributed by atoms with E-state index in [0.717, 1.165) is 23.7 Å². The van der Waals surface area contributed by atoms with Gasteiger partial charge < -0.3 is 30.6 Å². The van der Waals surface area contributed by atoms with Crippen LogP contribution in [-0.2, 0) is 24.6 Å². The van der Waals surface area contributed by atoms with Gasteiger partial charge in [0.15, 0.2) is 0 Å². The number of amides is 1. The smallest absolute Gasteiger partial charge is 0.416 e. The number of rotatable bonds is 11. The van der Waals surface area contributed by atoms with Gasteiger partial charge in [-0.15, -0.1) is 0 Å². The molecule has 4 N–H and O–H groups in total. The zero-order valence-corrected chi connectivity index (χ0v) is 22.7. The molecule has 0 saturated carbocycles. The van der Waals surface area contributed by atoms with Gasteiger partial charge in [0.05, 0.1) is 16.6 Å². The molecule has 0 bridgehead atoms. The van der Waals surface area contributed by atoms with Gasteiger partial charge >= 0.3 is 6.18 Å². The Bertz CT molecular complexity index is 1500. The van der Waals surface area contributed by atoms with Gasteiger partial charge in [-0.05, 0) is 49.4 Å². The Balaban J connectivity index is 1.57. The van der Waals surface area contributed by atoms with Crippen molar-refractivity contribution in [2.75, 3.05) is 30.3 Å². The number of aromatic nitrogens is 3. The van der Waals surface area contributed by atoms with Crippen LogP contribution in [0.15, 0.2) is 48.7 Å². The van der Waals surface area contributed by atoms with Crippen molar-refractivity contribution < 1.29 is 22.7 Å². The molecule has 0 aliphatic heterocycles. The lowest BCUT2D eigenvalue weighted by molar-refractivity contribution is -0.138. The Morgan fingerprint density at radius 2 is 1.85 bits per heavy atom. The van der Waals surface area contributed by atoms with Crippen LogP contribution in [0, 0.1) is 6.92 Å². The number of halogens is 3. The van der Waals surface area contributed by atoms with E-state index in [1.807, 2.05) is 13.8 Å². The summed E-state index contributed by atoms with van der Waals surface area (Å²) in [6.07, 6.45) is -2.97. The van der Waals surface area contributed by atoms with E-state index in [2.05, 4.69) is 31.2 Å². The molecule has 40 heavy (non-hydrogen) atoms. The van der Waals surface area contributed by atoms with Crippen LogP contribution in [0.5, 0.6) is 11.5 Å². The first-order valence-corrected chi connectivity index (χ1v) is 12.8. The molecule has 9 nitrogen and oxygen atoms in total. The van der Waals surface area contributed by atoms with Crippen LogP contribution in [0.25, 0.3) is 11.0 Å². The largest absolute Gasteiger partial charge is 0.457 e. The van der Waals surface area contributed by atoms with Gasteiger partial charge in [0.2, 0.25) is 11.9 Å². The maximum Gasteiger partial charge on any atom is 0.416 e. The lowest BCUT2D eigenvalue weighted by atomic mass is 10.1. The highest BCUT2D eigenvalue weighted by Gasteiger charge is 2.33. The number of nitrogens with zero attached hydrogens (tertiary/aromatic N) is 3. The van der Waals surface area contributed by atoms with Crippen molar-refractivity contribution in [1.82, 2.24) is 25.2 Å². The fourth-order valence-corrected chi connectivity index (χ4v) is 4.33. The SMILES string of the molecule is CCNCCNCc1ccc(Nc2nc3ccc(Oc4ccnc(NC(C)=O)c4)c(C)c3n2C)cc1C(F)(F)F. The summed E-state index contributed by atoms with van der Waals surface area (Å²) in [5.41, 5.74) is 1.95. The molecule has 4 rings (SSSR count). The molecule has 4 aromatic rings. The summed E-state index contributed by atoms with van der Waals surface area (Å²) in [5, 5.41) is 11.8. The third-order valence-electron chi connectivity index (χ3n) is 6.22. The van der Waals surface area contributed by atoms with Gasteiger partial charge in [-0.25, -0.2) is 9.97 Å². The molecule has 0 radical (unpaired) electrons. The first-order chi connectivity index (χ1) is 19.1. The molecule has 1 amide bonds. The number of anilines is 3. The molecule has 0 saturated heterocycles. The standard InChI is InChI=1S/C28H32F3N7O2/c1-5-32-12-13-33-16-19-6-7-20(14-22(19)28(29,30)31)36-27-37-23-8-9-24(17(2)26(23)38(27)4)40-21-10-11-34-25(15-21)35-18(3)39/h6-11,14-15,32-33H,5,12-13,16H2,1-4H3,(H,36,37)(H,34,35,39). The number of likely N-dealkylation sites (N-methyl/N-ethyl adjacent to an activating group) is 1. The monoisotopic (exact) mass is 555 g/mol. The molecule has 2 aromatic carbocycles. The fraction of sp³-hybridized carbons (Fsp3) is 0.321.